The zero-order valence-corrected chi connectivity index (χ0v) is 8.91. The van der Waals surface area contributed by atoms with Crippen LogP contribution in [0.5, 0.6) is 0 Å². The summed E-state index contributed by atoms with van der Waals surface area (Å²) in [5.74, 6) is -0.594. The number of benzene rings is 1. The Kier molecular flexibility index (Phi) is 3.86. The van der Waals surface area contributed by atoms with E-state index >= 15 is 0 Å². The van der Waals surface area contributed by atoms with Crippen molar-refractivity contribution in [2.75, 3.05) is 11.1 Å². The first-order valence-electron chi connectivity index (χ1n) is 4.03. The molecule has 3 nitrogen and oxygen atoms in total. The molecule has 0 saturated heterocycles. The molecule has 0 saturated carbocycles. The van der Waals surface area contributed by atoms with Gasteiger partial charge in [0.05, 0.1) is 11.8 Å². The lowest BCUT2D eigenvalue weighted by Crippen LogP contribution is -2.19. The monoisotopic (exact) mass is 263 g/mol. The first kappa shape index (κ1) is 11.4. The molecule has 5 heteroatoms. The standard InChI is InChI=1S/C9H11BrFNO2/c10-4-8(13)9(14)5-1-2-7(12)6(11)3-5/h1-3,8-9,13-14H,4,12H2. The highest BCUT2D eigenvalue weighted by Gasteiger charge is 2.17. The summed E-state index contributed by atoms with van der Waals surface area (Å²) < 4.78 is 13.0. The molecule has 2 atom stereocenters. The van der Waals surface area contributed by atoms with Crippen molar-refractivity contribution in [2.45, 2.75) is 12.2 Å². The van der Waals surface area contributed by atoms with Gasteiger partial charge in [-0.25, -0.2) is 4.39 Å². The van der Waals surface area contributed by atoms with Crippen molar-refractivity contribution in [1.82, 2.24) is 0 Å². The van der Waals surface area contributed by atoms with E-state index in [2.05, 4.69) is 15.9 Å². The van der Waals surface area contributed by atoms with Crippen molar-refractivity contribution in [2.24, 2.45) is 0 Å². The molecule has 0 aliphatic heterocycles. The van der Waals surface area contributed by atoms with Crippen LogP contribution in [-0.4, -0.2) is 21.6 Å². The number of aliphatic hydroxyl groups is 2. The molecule has 0 radical (unpaired) electrons. The van der Waals surface area contributed by atoms with E-state index < -0.39 is 18.0 Å². The van der Waals surface area contributed by atoms with E-state index in [1.807, 2.05) is 0 Å². The minimum absolute atomic E-state index is 0.0225. The first-order valence-corrected chi connectivity index (χ1v) is 5.15. The molecule has 2 unspecified atom stereocenters. The van der Waals surface area contributed by atoms with Crippen molar-refractivity contribution in [3.8, 4) is 0 Å². The van der Waals surface area contributed by atoms with Crippen LogP contribution >= 0.6 is 15.9 Å². The van der Waals surface area contributed by atoms with E-state index in [4.69, 9.17) is 5.73 Å². The number of rotatable bonds is 3. The number of anilines is 1. The number of alkyl halides is 1. The Morgan fingerprint density at radius 3 is 2.57 bits per heavy atom. The Balaban J connectivity index is 2.91. The summed E-state index contributed by atoms with van der Waals surface area (Å²) in [7, 11) is 0. The quantitative estimate of drug-likeness (QED) is 0.567. The highest BCUT2D eigenvalue weighted by atomic mass is 79.9. The van der Waals surface area contributed by atoms with Crippen LogP contribution in [0.1, 0.15) is 11.7 Å². The molecule has 14 heavy (non-hydrogen) atoms. The van der Waals surface area contributed by atoms with Gasteiger partial charge in [-0.1, -0.05) is 22.0 Å². The van der Waals surface area contributed by atoms with Gasteiger partial charge >= 0.3 is 0 Å². The highest BCUT2D eigenvalue weighted by molar-refractivity contribution is 9.09. The predicted octanol–water partition coefficient (Wildman–Crippen LogP) is 1.20. The summed E-state index contributed by atoms with van der Waals surface area (Å²) in [6.07, 6.45) is -2.07. The van der Waals surface area contributed by atoms with Gasteiger partial charge < -0.3 is 15.9 Å². The van der Waals surface area contributed by atoms with Gasteiger partial charge in [-0.3, -0.25) is 0 Å². The summed E-state index contributed by atoms with van der Waals surface area (Å²) in [5.41, 5.74) is 5.60. The fourth-order valence-corrected chi connectivity index (χ4v) is 1.39. The Labute approximate surface area is 89.5 Å². The lowest BCUT2D eigenvalue weighted by Gasteiger charge is -2.16. The number of aliphatic hydroxyl groups excluding tert-OH is 2. The van der Waals surface area contributed by atoms with Gasteiger partial charge in [0.15, 0.2) is 0 Å². The maximum absolute atomic E-state index is 13.0. The fourth-order valence-electron chi connectivity index (χ4n) is 1.03. The van der Waals surface area contributed by atoms with Crippen LogP contribution in [0.4, 0.5) is 10.1 Å². The molecular weight excluding hydrogens is 253 g/mol. The molecule has 0 amide bonds. The third-order valence-corrected chi connectivity index (χ3v) is 2.55. The molecule has 0 aliphatic rings. The molecule has 0 bridgehead atoms. The van der Waals surface area contributed by atoms with Crippen LogP contribution in [0.2, 0.25) is 0 Å². The van der Waals surface area contributed by atoms with E-state index in [0.717, 1.165) is 6.07 Å². The third-order valence-electron chi connectivity index (χ3n) is 1.89. The van der Waals surface area contributed by atoms with Crippen molar-refractivity contribution in [3.05, 3.63) is 29.6 Å². The van der Waals surface area contributed by atoms with Crippen LogP contribution in [0, 0.1) is 5.82 Å². The lowest BCUT2D eigenvalue weighted by molar-refractivity contribution is 0.0341. The van der Waals surface area contributed by atoms with E-state index in [1.165, 1.54) is 12.1 Å². The Hall–Kier alpha value is -0.650. The Morgan fingerprint density at radius 1 is 1.43 bits per heavy atom. The predicted molar refractivity (Wildman–Crippen MR) is 55.6 cm³/mol. The average molecular weight is 264 g/mol. The number of halogens is 2. The minimum atomic E-state index is -1.11. The number of nitrogen functional groups attached to an aromatic ring is 1. The second-order valence-electron chi connectivity index (χ2n) is 2.95. The van der Waals surface area contributed by atoms with E-state index in [1.54, 1.807) is 0 Å². The molecule has 0 fully saturated rings. The number of hydrogen-bond acceptors (Lipinski definition) is 3. The van der Waals surface area contributed by atoms with Crippen molar-refractivity contribution < 1.29 is 14.6 Å². The number of hydrogen-bond donors (Lipinski definition) is 3. The van der Waals surface area contributed by atoms with Crippen molar-refractivity contribution in [1.29, 1.82) is 0 Å². The van der Waals surface area contributed by atoms with E-state index in [9.17, 15) is 14.6 Å². The molecule has 1 aromatic carbocycles. The average Bonchev–Trinajstić information content (AvgIpc) is 2.20. The lowest BCUT2D eigenvalue weighted by atomic mass is 10.1. The van der Waals surface area contributed by atoms with Crippen LogP contribution in [0.15, 0.2) is 18.2 Å². The van der Waals surface area contributed by atoms with E-state index in [-0.39, 0.29) is 11.0 Å². The zero-order chi connectivity index (χ0) is 10.7. The molecule has 4 N–H and O–H groups in total. The summed E-state index contributed by atoms with van der Waals surface area (Å²) in [5, 5.41) is 19.0. The van der Waals surface area contributed by atoms with Crippen molar-refractivity contribution in [3.63, 3.8) is 0 Å². The normalized spacial score (nSPS) is 15.1. The molecule has 1 aromatic rings. The van der Waals surface area contributed by atoms with Gasteiger partial charge in [0.25, 0.3) is 0 Å². The third kappa shape index (κ3) is 2.43. The van der Waals surface area contributed by atoms with Gasteiger partial charge in [0, 0.05) is 5.33 Å². The van der Waals surface area contributed by atoms with Crippen molar-refractivity contribution >= 4 is 21.6 Å². The van der Waals surface area contributed by atoms with Crippen LogP contribution < -0.4 is 5.73 Å². The molecule has 1 rings (SSSR count). The molecule has 0 spiro atoms. The van der Waals surface area contributed by atoms with Gasteiger partial charge in [-0.15, -0.1) is 0 Å². The summed E-state index contributed by atoms with van der Waals surface area (Å²) in [6.45, 7) is 0. The van der Waals surface area contributed by atoms with Gasteiger partial charge in [0.1, 0.15) is 11.9 Å². The van der Waals surface area contributed by atoms with Crippen LogP contribution in [0.25, 0.3) is 0 Å². The van der Waals surface area contributed by atoms with Gasteiger partial charge in [-0.05, 0) is 17.7 Å². The highest BCUT2D eigenvalue weighted by Crippen LogP contribution is 2.21. The summed E-state index contributed by atoms with van der Waals surface area (Å²) in [6, 6.07) is 3.95. The largest absolute Gasteiger partial charge is 0.396 e. The molecular formula is C9H11BrFNO2. The topological polar surface area (TPSA) is 66.5 Å². The zero-order valence-electron chi connectivity index (χ0n) is 7.32. The Morgan fingerprint density at radius 2 is 2.07 bits per heavy atom. The molecule has 0 aromatic heterocycles. The Bertz CT molecular complexity index is 322. The summed E-state index contributed by atoms with van der Waals surface area (Å²) in [4.78, 5) is 0. The van der Waals surface area contributed by atoms with E-state index in [0.29, 0.717) is 5.56 Å². The SMILES string of the molecule is Nc1ccc(C(O)C(O)CBr)cc1F. The maximum Gasteiger partial charge on any atom is 0.146 e. The van der Waals surface area contributed by atoms with Crippen LogP contribution in [-0.2, 0) is 0 Å². The minimum Gasteiger partial charge on any atom is -0.396 e. The maximum atomic E-state index is 13.0. The van der Waals surface area contributed by atoms with Crippen LogP contribution in [0.3, 0.4) is 0 Å². The molecule has 78 valence electrons. The summed E-state index contributed by atoms with van der Waals surface area (Å²) >= 11 is 3.02. The second kappa shape index (κ2) is 4.72. The first-order chi connectivity index (χ1) is 6.56. The number of nitrogens with two attached hydrogens (primary N) is 1. The second-order valence-corrected chi connectivity index (χ2v) is 3.59. The van der Waals surface area contributed by atoms with Gasteiger partial charge in [-0.2, -0.15) is 0 Å². The fraction of sp³-hybridized carbons (Fsp3) is 0.333. The van der Waals surface area contributed by atoms with Gasteiger partial charge in [0.2, 0.25) is 0 Å². The smallest absolute Gasteiger partial charge is 0.146 e. The molecule has 0 heterocycles. The molecule has 0 aliphatic carbocycles.